The van der Waals surface area contributed by atoms with Crippen molar-refractivity contribution < 1.29 is 4.79 Å². The molecule has 29 heavy (non-hydrogen) atoms. The van der Waals surface area contributed by atoms with Crippen LogP contribution in [0.4, 0.5) is 0 Å². The third-order valence-corrected chi connectivity index (χ3v) is 5.42. The molecule has 3 heterocycles. The zero-order valence-corrected chi connectivity index (χ0v) is 17.9. The van der Waals surface area contributed by atoms with Crippen LogP contribution >= 0.6 is 0 Å². The van der Waals surface area contributed by atoms with Crippen molar-refractivity contribution in [1.82, 2.24) is 30.2 Å². The highest BCUT2D eigenvalue weighted by atomic mass is 16.2. The fourth-order valence-corrected chi connectivity index (χ4v) is 3.65. The van der Waals surface area contributed by atoms with Gasteiger partial charge in [-0.1, -0.05) is 27.2 Å². The fraction of sp³-hybridized carbons (Fsp3) is 0.619. The molecule has 1 fully saturated rings. The maximum atomic E-state index is 12.3. The summed E-state index contributed by atoms with van der Waals surface area (Å²) >= 11 is 0. The first-order chi connectivity index (χ1) is 13.7. The Kier molecular flexibility index (Phi) is 6.52. The molecule has 1 aliphatic rings. The molecule has 1 amide bonds. The van der Waals surface area contributed by atoms with Crippen LogP contribution < -0.4 is 10.9 Å². The van der Waals surface area contributed by atoms with Gasteiger partial charge in [0.15, 0.2) is 0 Å². The number of nitrogens with one attached hydrogen (secondary N) is 2. The van der Waals surface area contributed by atoms with Crippen molar-refractivity contribution in [1.29, 1.82) is 0 Å². The molecule has 8 heteroatoms. The van der Waals surface area contributed by atoms with E-state index in [-0.39, 0.29) is 22.9 Å². The summed E-state index contributed by atoms with van der Waals surface area (Å²) in [5, 5.41) is 14.4. The van der Waals surface area contributed by atoms with E-state index in [1.54, 1.807) is 16.8 Å². The number of rotatable bonds is 6. The molecule has 3 rings (SSSR count). The Balaban J connectivity index is 1.60. The van der Waals surface area contributed by atoms with Gasteiger partial charge in [-0.25, -0.2) is 4.68 Å². The number of carbonyl (C=O) groups is 1. The smallest absolute Gasteiger partial charge is 0.271 e. The van der Waals surface area contributed by atoms with Gasteiger partial charge < -0.3 is 5.32 Å². The fourth-order valence-electron chi connectivity index (χ4n) is 3.65. The van der Waals surface area contributed by atoms with E-state index in [4.69, 9.17) is 0 Å². The molecule has 1 saturated heterocycles. The number of amides is 1. The highest BCUT2D eigenvalue weighted by Crippen LogP contribution is 2.19. The number of hydrogen-bond acceptors (Lipinski definition) is 5. The molecule has 0 aromatic carbocycles. The minimum absolute atomic E-state index is 0.0752. The van der Waals surface area contributed by atoms with Gasteiger partial charge in [-0.05, 0) is 38.4 Å². The zero-order valence-electron chi connectivity index (χ0n) is 17.9. The highest BCUT2D eigenvalue weighted by Gasteiger charge is 2.24. The quantitative estimate of drug-likeness (QED) is 0.772. The number of aryl methyl sites for hydroxylation is 1. The van der Waals surface area contributed by atoms with Crippen molar-refractivity contribution >= 4 is 5.91 Å². The van der Waals surface area contributed by atoms with Crippen LogP contribution in [0, 0.1) is 6.92 Å². The normalized spacial score (nSPS) is 18.0. The van der Waals surface area contributed by atoms with Gasteiger partial charge in [0, 0.05) is 36.3 Å². The molecular weight excluding hydrogens is 368 g/mol. The van der Waals surface area contributed by atoms with Crippen LogP contribution in [0.3, 0.4) is 0 Å². The van der Waals surface area contributed by atoms with E-state index < -0.39 is 0 Å². The third-order valence-electron chi connectivity index (χ3n) is 5.42. The maximum absolute atomic E-state index is 12.3. The van der Waals surface area contributed by atoms with Crippen LogP contribution in [-0.4, -0.2) is 56.5 Å². The van der Waals surface area contributed by atoms with Crippen molar-refractivity contribution in [3.63, 3.8) is 0 Å². The van der Waals surface area contributed by atoms with Crippen LogP contribution in [0.2, 0.25) is 0 Å². The van der Waals surface area contributed by atoms with Crippen molar-refractivity contribution in [3.05, 3.63) is 45.6 Å². The minimum Gasteiger partial charge on any atom is -0.349 e. The monoisotopic (exact) mass is 400 g/mol. The first kappa shape index (κ1) is 21.2. The molecule has 158 valence electrons. The Morgan fingerprint density at radius 1 is 1.28 bits per heavy atom. The predicted molar refractivity (Wildman–Crippen MR) is 112 cm³/mol. The van der Waals surface area contributed by atoms with Crippen molar-refractivity contribution in [2.75, 3.05) is 19.6 Å². The molecule has 0 bridgehead atoms. The zero-order chi connectivity index (χ0) is 21.0. The second-order valence-corrected chi connectivity index (χ2v) is 8.86. The molecule has 1 atom stereocenters. The van der Waals surface area contributed by atoms with Crippen LogP contribution in [0.15, 0.2) is 23.0 Å². The molecule has 8 nitrogen and oxygen atoms in total. The van der Waals surface area contributed by atoms with Crippen LogP contribution in [-0.2, 0) is 12.0 Å². The lowest BCUT2D eigenvalue weighted by Gasteiger charge is -2.35. The van der Waals surface area contributed by atoms with Gasteiger partial charge in [0.05, 0.1) is 12.2 Å². The number of carbonyl (C=O) groups excluding carboxylic acids is 1. The van der Waals surface area contributed by atoms with Crippen LogP contribution in [0.25, 0.3) is 0 Å². The lowest BCUT2D eigenvalue weighted by molar-refractivity contribution is 0.0904. The van der Waals surface area contributed by atoms with Gasteiger partial charge in [-0.2, -0.15) is 10.2 Å². The lowest BCUT2D eigenvalue weighted by atomic mass is 9.92. The molecule has 1 unspecified atom stereocenters. The summed E-state index contributed by atoms with van der Waals surface area (Å²) in [5.74, 6) is -0.157. The van der Waals surface area contributed by atoms with Gasteiger partial charge in [0.2, 0.25) is 0 Å². The summed E-state index contributed by atoms with van der Waals surface area (Å²) in [5.41, 5.74) is 2.02. The number of nitrogens with zero attached hydrogens (tertiary/aromatic N) is 4. The Labute approximate surface area is 171 Å². The lowest BCUT2D eigenvalue weighted by Crippen LogP contribution is -2.48. The summed E-state index contributed by atoms with van der Waals surface area (Å²) in [6.07, 6.45) is 3.31. The molecule has 0 saturated carbocycles. The largest absolute Gasteiger partial charge is 0.349 e. The van der Waals surface area contributed by atoms with E-state index in [9.17, 15) is 9.59 Å². The first-order valence-corrected chi connectivity index (χ1v) is 10.4. The van der Waals surface area contributed by atoms with E-state index in [0.29, 0.717) is 18.8 Å². The average molecular weight is 401 g/mol. The number of hydrogen-bond donors (Lipinski definition) is 2. The SMILES string of the molecule is Cc1cc(C(=O)NCC2CCCCN2CCn2nc(C(C)(C)C)ccc2=O)n[nH]1. The van der Waals surface area contributed by atoms with E-state index >= 15 is 0 Å². The number of aromatic nitrogens is 4. The Morgan fingerprint density at radius 3 is 2.76 bits per heavy atom. The molecule has 2 N–H and O–H groups in total. The van der Waals surface area contributed by atoms with Crippen LogP contribution in [0.5, 0.6) is 0 Å². The topological polar surface area (TPSA) is 95.9 Å². The highest BCUT2D eigenvalue weighted by molar-refractivity contribution is 5.92. The summed E-state index contributed by atoms with van der Waals surface area (Å²) in [7, 11) is 0. The van der Waals surface area contributed by atoms with E-state index in [1.807, 2.05) is 13.0 Å². The molecule has 1 aliphatic heterocycles. The molecule has 2 aromatic heterocycles. The van der Waals surface area contributed by atoms with Crippen molar-refractivity contribution in [3.8, 4) is 0 Å². The van der Waals surface area contributed by atoms with Gasteiger partial charge in [-0.15, -0.1) is 0 Å². The van der Waals surface area contributed by atoms with Gasteiger partial charge in [0.25, 0.3) is 11.5 Å². The minimum atomic E-state index is -0.157. The van der Waals surface area contributed by atoms with E-state index in [2.05, 4.69) is 46.3 Å². The van der Waals surface area contributed by atoms with Gasteiger partial charge in [-0.3, -0.25) is 19.6 Å². The van der Waals surface area contributed by atoms with Gasteiger partial charge in [0.1, 0.15) is 5.69 Å². The molecule has 2 aromatic rings. The summed E-state index contributed by atoms with van der Waals surface area (Å²) in [6, 6.07) is 5.42. The molecule has 0 radical (unpaired) electrons. The Bertz CT molecular complexity index is 895. The number of aromatic amines is 1. The number of piperidine rings is 1. The number of H-pyrrole nitrogens is 1. The van der Waals surface area contributed by atoms with Gasteiger partial charge >= 0.3 is 0 Å². The molecular formula is C21H32N6O2. The maximum Gasteiger partial charge on any atom is 0.271 e. The van der Waals surface area contributed by atoms with E-state index in [0.717, 1.165) is 43.7 Å². The first-order valence-electron chi connectivity index (χ1n) is 10.4. The van der Waals surface area contributed by atoms with Crippen molar-refractivity contribution in [2.45, 2.75) is 65.0 Å². The average Bonchev–Trinajstić information content (AvgIpc) is 3.11. The summed E-state index contributed by atoms with van der Waals surface area (Å²) in [6.45, 7) is 11.0. The summed E-state index contributed by atoms with van der Waals surface area (Å²) < 4.78 is 1.57. The second-order valence-electron chi connectivity index (χ2n) is 8.86. The third kappa shape index (κ3) is 5.53. The van der Waals surface area contributed by atoms with Crippen molar-refractivity contribution in [2.24, 2.45) is 0 Å². The molecule has 0 aliphatic carbocycles. The predicted octanol–water partition coefficient (Wildman–Crippen LogP) is 1.86. The Hall–Kier alpha value is -2.48. The Morgan fingerprint density at radius 2 is 2.07 bits per heavy atom. The standard InChI is InChI=1S/C21H32N6O2/c1-15-13-17(24-23-15)20(29)22-14-16-7-5-6-10-26(16)11-12-27-19(28)9-8-18(25-27)21(2,3)4/h8-9,13,16H,5-7,10-12,14H2,1-4H3,(H,22,29)(H,23,24). The van der Waals surface area contributed by atoms with E-state index in [1.165, 1.54) is 0 Å². The van der Waals surface area contributed by atoms with Crippen LogP contribution in [0.1, 0.15) is 61.9 Å². The second kappa shape index (κ2) is 8.90. The summed E-state index contributed by atoms with van der Waals surface area (Å²) in [4.78, 5) is 26.9. The number of likely N-dealkylation sites (tertiary alicyclic amines) is 1. The molecule has 0 spiro atoms.